The van der Waals surface area contributed by atoms with Crippen LogP contribution in [0.15, 0.2) is 36.4 Å². The van der Waals surface area contributed by atoms with Crippen LogP contribution >= 0.6 is 11.3 Å². The van der Waals surface area contributed by atoms with Gasteiger partial charge < -0.3 is 14.2 Å². The van der Waals surface area contributed by atoms with Crippen molar-refractivity contribution in [2.75, 3.05) is 58.5 Å². The molecule has 1 amide bonds. The van der Waals surface area contributed by atoms with Crippen LogP contribution < -0.4 is 14.4 Å². The third kappa shape index (κ3) is 6.20. The lowest BCUT2D eigenvalue weighted by molar-refractivity contribution is -0.114. The number of thiazole rings is 1. The third-order valence-electron chi connectivity index (χ3n) is 6.28. The highest BCUT2D eigenvalue weighted by Crippen LogP contribution is 2.32. The minimum atomic E-state index is -0.0886. The van der Waals surface area contributed by atoms with Gasteiger partial charge in [-0.05, 0) is 67.3 Å². The van der Waals surface area contributed by atoms with Gasteiger partial charge in [0.1, 0.15) is 0 Å². The minimum absolute atomic E-state index is 0.0886. The number of benzene rings is 2. The monoisotopic (exact) mass is 495 g/mol. The Morgan fingerprint density at radius 2 is 1.86 bits per heavy atom. The van der Waals surface area contributed by atoms with Gasteiger partial charge in [0.15, 0.2) is 16.6 Å². The van der Waals surface area contributed by atoms with E-state index in [1.165, 1.54) is 11.1 Å². The molecule has 186 valence electrons. The van der Waals surface area contributed by atoms with Crippen molar-refractivity contribution in [1.82, 2.24) is 9.88 Å². The van der Waals surface area contributed by atoms with E-state index in [4.69, 9.17) is 19.2 Å². The molecule has 1 fully saturated rings. The highest BCUT2D eigenvalue weighted by Gasteiger charge is 2.19. The molecule has 7 nitrogen and oxygen atoms in total. The largest absolute Gasteiger partial charge is 0.493 e. The van der Waals surface area contributed by atoms with Gasteiger partial charge in [0.25, 0.3) is 5.91 Å². The summed E-state index contributed by atoms with van der Waals surface area (Å²) in [6, 6.07) is 9.84. The Morgan fingerprint density at radius 3 is 2.60 bits per heavy atom. The van der Waals surface area contributed by atoms with E-state index in [1.807, 2.05) is 18.2 Å². The maximum atomic E-state index is 13.4. The van der Waals surface area contributed by atoms with Crippen LogP contribution in [0.2, 0.25) is 0 Å². The number of nitrogens with zero attached hydrogens (tertiary/aromatic N) is 3. The zero-order valence-electron chi connectivity index (χ0n) is 20.9. The number of morpholine rings is 1. The molecule has 2 aromatic carbocycles. The van der Waals surface area contributed by atoms with Crippen molar-refractivity contribution in [1.29, 1.82) is 0 Å². The summed E-state index contributed by atoms with van der Waals surface area (Å²) in [5.74, 6) is 1.19. The molecule has 8 heteroatoms. The molecule has 35 heavy (non-hydrogen) atoms. The summed E-state index contributed by atoms with van der Waals surface area (Å²) in [4.78, 5) is 22.4. The van der Waals surface area contributed by atoms with E-state index in [9.17, 15) is 4.79 Å². The van der Waals surface area contributed by atoms with Gasteiger partial charge in [0.2, 0.25) is 0 Å². The predicted molar refractivity (Wildman–Crippen MR) is 142 cm³/mol. The molecule has 1 saturated heterocycles. The fraction of sp³-hybridized carbons (Fsp3) is 0.407. The first-order valence-corrected chi connectivity index (χ1v) is 12.7. The summed E-state index contributed by atoms with van der Waals surface area (Å²) in [6.07, 6.45) is 4.28. The molecule has 0 unspecified atom stereocenters. The van der Waals surface area contributed by atoms with E-state index in [-0.39, 0.29) is 5.91 Å². The first-order chi connectivity index (χ1) is 17.0. The van der Waals surface area contributed by atoms with Gasteiger partial charge in [-0.25, -0.2) is 4.98 Å². The molecule has 4 rings (SSSR count). The van der Waals surface area contributed by atoms with Gasteiger partial charge in [-0.15, -0.1) is 0 Å². The zero-order valence-corrected chi connectivity index (χ0v) is 21.7. The minimum Gasteiger partial charge on any atom is -0.493 e. The van der Waals surface area contributed by atoms with Crippen molar-refractivity contribution in [3.63, 3.8) is 0 Å². The molecule has 0 bridgehead atoms. The number of aryl methyl sites for hydroxylation is 2. The summed E-state index contributed by atoms with van der Waals surface area (Å²) in [5.41, 5.74) is 4.22. The van der Waals surface area contributed by atoms with E-state index in [1.54, 1.807) is 42.6 Å². The van der Waals surface area contributed by atoms with Gasteiger partial charge in [0, 0.05) is 32.3 Å². The fourth-order valence-electron chi connectivity index (χ4n) is 4.07. The maximum Gasteiger partial charge on any atom is 0.252 e. The second-order valence-corrected chi connectivity index (χ2v) is 9.65. The Hall–Kier alpha value is -2.94. The number of hydrogen-bond acceptors (Lipinski definition) is 7. The summed E-state index contributed by atoms with van der Waals surface area (Å²) in [6.45, 7) is 9.14. The van der Waals surface area contributed by atoms with E-state index in [2.05, 4.69) is 30.9 Å². The number of aromatic nitrogens is 1. The van der Waals surface area contributed by atoms with E-state index in [0.29, 0.717) is 18.0 Å². The Balaban J connectivity index is 1.55. The lowest BCUT2D eigenvalue weighted by Gasteiger charge is -2.27. The summed E-state index contributed by atoms with van der Waals surface area (Å²) >= 11 is 1.57. The smallest absolute Gasteiger partial charge is 0.252 e. The number of carbonyl (C=O) groups excluding carboxylic acids is 1. The quantitative estimate of drug-likeness (QED) is 0.401. The normalized spacial score (nSPS) is 14.5. The van der Waals surface area contributed by atoms with E-state index >= 15 is 0 Å². The molecular formula is C27H33N3O4S. The maximum absolute atomic E-state index is 13.4. The van der Waals surface area contributed by atoms with Gasteiger partial charge in [0.05, 0.1) is 37.6 Å². The molecule has 0 saturated carbocycles. The molecule has 0 spiro atoms. The van der Waals surface area contributed by atoms with Crippen LogP contribution in [0.1, 0.15) is 23.1 Å². The molecule has 0 N–H and O–H groups in total. The third-order valence-corrected chi connectivity index (χ3v) is 7.32. The number of carbonyl (C=O) groups is 1. The van der Waals surface area contributed by atoms with Crippen LogP contribution in [0.5, 0.6) is 11.5 Å². The lowest BCUT2D eigenvalue weighted by Crippen LogP contribution is -2.39. The molecule has 1 aliphatic rings. The van der Waals surface area contributed by atoms with Gasteiger partial charge >= 0.3 is 0 Å². The Labute approximate surface area is 210 Å². The molecule has 1 aromatic heterocycles. The first-order valence-electron chi connectivity index (χ1n) is 11.9. The van der Waals surface area contributed by atoms with Crippen molar-refractivity contribution < 1.29 is 19.0 Å². The molecule has 0 atom stereocenters. The highest BCUT2D eigenvalue weighted by atomic mass is 32.1. The first kappa shape index (κ1) is 25.2. The lowest BCUT2D eigenvalue weighted by atomic mass is 10.1. The number of hydrogen-bond donors (Lipinski definition) is 0. The average Bonchev–Trinajstić information content (AvgIpc) is 3.27. The molecule has 0 aliphatic carbocycles. The number of amides is 1. The number of rotatable bonds is 9. The van der Waals surface area contributed by atoms with Crippen molar-refractivity contribution in [3.8, 4) is 11.5 Å². The van der Waals surface area contributed by atoms with Crippen molar-refractivity contribution in [2.24, 2.45) is 0 Å². The molecular weight excluding hydrogens is 462 g/mol. The van der Waals surface area contributed by atoms with Gasteiger partial charge in [-0.2, -0.15) is 0 Å². The highest BCUT2D eigenvalue weighted by molar-refractivity contribution is 7.22. The van der Waals surface area contributed by atoms with Crippen LogP contribution in [-0.4, -0.2) is 69.4 Å². The molecule has 3 aromatic rings. The standard InChI is InChI=1S/C27H33N3O4S/c1-19-16-22-25(17-20(19)2)35-27(28-22)30(11-5-10-29-12-14-34-15-13-29)26(31)9-7-21-6-8-23(32-3)24(18-21)33-4/h6-9,16-18H,5,10-15H2,1-4H3/b9-7+. The second kappa shape index (κ2) is 11.7. The SMILES string of the molecule is COc1ccc(/C=C/C(=O)N(CCCN2CCOCC2)c2nc3cc(C)c(C)cc3s2)cc1OC. The Morgan fingerprint density at radius 1 is 1.11 bits per heavy atom. The van der Waals surface area contributed by atoms with Crippen molar-refractivity contribution >= 4 is 38.7 Å². The van der Waals surface area contributed by atoms with E-state index in [0.717, 1.165) is 60.2 Å². The molecule has 1 aliphatic heterocycles. The van der Waals surface area contributed by atoms with Crippen LogP contribution in [0.25, 0.3) is 16.3 Å². The second-order valence-electron chi connectivity index (χ2n) is 8.65. The van der Waals surface area contributed by atoms with E-state index < -0.39 is 0 Å². The number of methoxy groups -OCH3 is 2. The summed E-state index contributed by atoms with van der Waals surface area (Å²) in [7, 11) is 3.20. The number of anilines is 1. The number of ether oxygens (including phenoxy) is 3. The van der Waals surface area contributed by atoms with Crippen molar-refractivity contribution in [2.45, 2.75) is 20.3 Å². The Bertz CT molecular complexity index is 1160. The Kier molecular flexibility index (Phi) is 8.38. The van der Waals surface area contributed by atoms with Crippen LogP contribution in [0.3, 0.4) is 0 Å². The fourth-order valence-corrected chi connectivity index (χ4v) is 5.15. The zero-order chi connectivity index (χ0) is 24.8. The van der Waals surface area contributed by atoms with Gasteiger partial charge in [-0.3, -0.25) is 14.6 Å². The van der Waals surface area contributed by atoms with Gasteiger partial charge in [-0.1, -0.05) is 17.4 Å². The topological polar surface area (TPSA) is 64.1 Å². The predicted octanol–water partition coefficient (Wildman–Crippen LogP) is 4.70. The molecule has 0 radical (unpaired) electrons. The molecule has 2 heterocycles. The summed E-state index contributed by atoms with van der Waals surface area (Å²) < 4.78 is 17.2. The average molecular weight is 496 g/mol. The van der Waals surface area contributed by atoms with Crippen LogP contribution in [-0.2, 0) is 9.53 Å². The van der Waals surface area contributed by atoms with Crippen molar-refractivity contribution in [3.05, 3.63) is 53.1 Å². The van der Waals surface area contributed by atoms with Crippen LogP contribution in [0, 0.1) is 13.8 Å². The summed E-state index contributed by atoms with van der Waals surface area (Å²) in [5, 5.41) is 0.730. The number of fused-ring (bicyclic) bond motifs is 1. The van der Waals surface area contributed by atoms with Crippen LogP contribution in [0.4, 0.5) is 5.13 Å².